The lowest BCUT2D eigenvalue weighted by Gasteiger charge is -2.42. The second kappa shape index (κ2) is 6.74. The van der Waals surface area contributed by atoms with E-state index in [1.807, 2.05) is 0 Å². The Balaban J connectivity index is 2.65. The maximum Gasteiger partial charge on any atom is 0.0900 e. The molecule has 0 aromatic rings. The molecule has 0 aliphatic heterocycles. The molecule has 0 spiro atoms. The van der Waals surface area contributed by atoms with Gasteiger partial charge in [-0.05, 0) is 24.8 Å². The van der Waals surface area contributed by atoms with E-state index in [0.29, 0.717) is 0 Å². The summed E-state index contributed by atoms with van der Waals surface area (Å²) in [6, 6.07) is 0. The van der Waals surface area contributed by atoms with Crippen LogP contribution in [0.5, 0.6) is 0 Å². The van der Waals surface area contributed by atoms with E-state index in [0.717, 1.165) is 12.8 Å². The summed E-state index contributed by atoms with van der Waals surface area (Å²) in [5.74, 6) is 0.217. The van der Waals surface area contributed by atoms with Crippen LogP contribution in [-0.4, -0.2) is 10.7 Å². The zero-order chi connectivity index (χ0) is 14.5. The van der Waals surface area contributed by atoms with Gasteiger partial charge in [0, 0.05) is 5.92 Å². The molecule has 0 fully saturated rings. The van der Waals surface area contributed by atoms with Crippen LogP contribution in [0, 0.1) is 11.3 Å². The third-order valence-corrected chi connectivity index (χ3v) is 4.18. The molecule has 1 rings (SSSR count). The molecule has 1 aliphatic rings. The first-order valence-electron chi connectivity index (χ1n) is 7.89. The van der Waals surface area contributed by atoms with E-state index in [9.17, 15) is 5.11 Å². The molecule has 0 aromatic carbocycles. The van der Waals surface area contributed by atoms with Gasteiger partial charge in [0.2, 0.25) is 0 Å². The highest BCUT2D eigenvalue weighted by atomic mass is 16.3. The second-order valence-electron chi connectivity index (χ2n) is 7.25. The number of rotatable bonds is 6. The molecule has 19 heavy (non-hydrogen) atoms. The second-order valence-corrected chi connectivity index (χ2v) is 7.25. The van der Waals surface area contributed by atoms with Crippen molar-refractivity contribution in [1.29, 1.82) is 0 Å². The minimum Gasteiger partial charge on any atom is -0.385 e. The molecule has 1 aliphatic carbocycles. The molecule has 0 radical (unpaired) electrons. The summed E-state index contributed by atoms with van der Waals surface area (Å²) in [6.07, 6.45) is 13.6. The van der Waals surface area contributed by atoms with Crippen LogP contribution in [0.2, 0.25) is 0 Å². The summed E-state index contributed by atoms with van der Waals surface area (Å²) in [5, 5.41) is 11.1. The van der Waals surface area contributed by atoms with E-state index in [2.05, 4.69) is 52.8 Å². The van der Waals surface area contributed by atoms with Crippen molar-refractivity contribution >= 4 is 0 Å². The SMILES string of the molecule is CCCCCCCC1(O)C=C(C)C=CC1C(C)(C)C. The number of aliphatic hydroxyl groups is 1. The van der Waals surface area contributed by atoms with Crippen LogP contribution in [0.1, 0.15) is 73.1 Å². The number of unbranched alkanes of at least 4 members (excludes halogenated alkanes) is 4. The Morgan fingerprint density at radius 1 is 1.16 bits per heavy atom. The number of allylic oxidation sites excluding steroid dienone is 2. The van der Waals surface area contributed by atoms with Gasteiger partial charge in [-0.15, -0.1) is 0 Å². The van der Waals surface area contributed by atoms with Gasteiger partial charge < -0.3 is 5.11 Å². The Hall–Kier alpha value is -0.560. The first kappa shape index (κ1) is 16.5. The third-order valence-electron chi connectivity index (χ3n) is 4.18. The monoisotopic (exact) mass is 264 g/mol. The molecule has 0 saturated heterocycles. The van der Waals surface area contributed by atoms with E-state index >= 15 is 0 Å². The van der Waals surface area contributed by atoms with E-state index < -0.39 is 5.60 Å². The molecule has 1 heteroatoms. The van der Waals surface area contributed by atoms with E-state index in [1.165, 1.54) is 31.3 Å². The fourth-order valence-electron chi connectivity index (χ4n) is 3.22. The topological polar surface area (TPSA) is 20.2 Å². The standard InChI is InChI=1S/C18H32O/c1-6-7-8-9-10-13-18(19)14-15(2)11-12-16(18)17(3,4)5/h11-12,14,16,19H,6-10,13H2,1-5H3. The normalized spacial score (nSPS) is 27.5. The van der Waals surface area contributed by atoms with Gasteiger partial charge in [0.05, 0.1) is 5.60 Å². The van der Waals surface area contributed by atoms with Gasteiger partial charge in [-0.1, -0.05) is 77.5 Å². The van der Waals surface area contributed by atoms with Gasteiger partial charge in [-0.2, -0.15) is 0 Å². The average Bonchev–Trinajstić information content (AvgIpc) is 2.26. The minimum atomic E-state index is -0.650. The molecule has 1 nitrogen and oxygen atoms in total. The molecule has 110 valence electrons. The van der Waals surface area contributed by atoms with Crippen LogP contribution in [0.4, 0.5) is 0 Å². The van der Waals surface area contributed by atoms with Gasteiger partial charge in [-0.25, -0.2) is 0 Å². The summed E-state index contributed by atoms with van der Waals surface area (Å²) in [6.45, 7) is 11.0. The first-order chi connectivity index (χ1) is 8.79. The van der Waals surface area contributed by atoms with Crippen LogP contribution < -0.4 is 0 Å². The van der Waals surface area contributed by atoms with Gasteiger partial charge in [0.25, 0.3) is 0 Å². The average molecular weight is 264 g/mol. The van der Waals surface area contributed by atoms with Crippen LogP contribution in [0.15, 0.2) is 23.8 Å². The van der Waals surface area contributed by atoms with Crippen LogP contribution in [0.25, 0.3) is 0 Å². The molecular formula is C18H32O. The molecule has 2 unspecified atom stereocenters. The summed E-state index contributed by atoms with van der Waals surface area (Å²) in [7, 11) is 0. The van der Waals surface area contributed by atoms with Gasteiger partial charge in [0.15, 0.2) is 0 Å². The Morgan fingerprint density at radius 2 is 1.79 bits per heavy atom. The molecule has 1 N–H and O–H groups in total. The van der Waals surface area contributed by atoms with E-state index in [-0.39, 0.29) is 11.3 Å². The highest BCUT2D eigenvalue weighted by Crippen LogP contribution is 2.42. The largest absolute Gasteiger partial charge is 0.385 e. The van der Waals surface area contributed by atoms with Crippen molar-refractivity contribution in [3.05, 3.63) is 23.8 Å². The summed E-state index contributed by atoms with van der Waals surface area (Å²) in [5.41, 5.74) is 0.645. The van der Waals surface area contributed by atoms with Gasteiger partial charge >= 0.3 is 0 Å². The molecular weight excluding hydrogens is 232 g/mol. The van der Waals surface area contributed by atoms with Crippen LogP contribution >= 0.6 is 0 Å². The first-order valence-corrected chi connectivity index (χ1v) is 7.89. The Morgan fingerprint density at radius 3 is 2.37 bits per heavy atom. The van der Waals surface area contributed by atoms with Crippen molar-refractivity contribution in [2.75, 3.05) is 0 Å². The lowest BCUT2D eigenvalue weighted by Crippen LogP contribution is -2.43. The zero-order valence-corrected chi connectivity index (χ0v) is 13.5. The fraction of sp³-hybridized carbons (Fsp3) is 0.778. The number of hydrogen-bond acceptors (Lipinski definition) is 1. The van der Waals surface area contributed by atoms with Crippen molar-refractivity contribution in [2.24, 2.45) is 11.3 Å². The van der Waals surface area contributed by atoms with E-state index in [1.54, 1.807) is 0 Å². The summed E-state index contributed by atoms with van der Waals surface area (Å²) < 4.78 is 0. The predicted octanol–water partition coefficient (Wildman–Crippen LogP) is 5.26. The Kier molecular flexibility index (Phi) is 5.85. The highest BCUT2D eigenvalue weighted by Gasteiger charge is 2.41. The summed E-state index contributed by atoms with van der Waals surface area (Å²) >= 11 is 0. The summed E-state index contributed by atoms with van der Waals surface area (Å²) in [4.78, 5) is 0. The van der Waals surface area contributed by atoms with Gasteiger partial charge in [0.1, 0.15) is 0 Å². The Bertz CT molecular complexity index is 332. The number of hydrogen-bond donors (Lipinski definition) is 1. The van der Waals surface area contributed by atoms with Crippen LogP contribution in [0.3, 0.4) is 0 Å². The molecule has 0 heterocycles. The Labute approximate surface area is 119 Å². The van der Waals surface area contributed by atoms with Crippen molar-refractivity contribution in [1.82, 2.24) is 0 Å². The van der Waals surface area contributed by atoms with Crippen molar-refractivity contribution in [3.63, 3.8) is 0 Å². The molecule has 0 saturated carbocycles. The molecule has 0 amide bonds. The maximum absolute atomic E-state index is 11.1. The quantitative estimate of drug-likeness (QED) is 0.649. The predicted molar refractivity (Wildman–Crippen MR) is 84.2 cm³/mol. The van der Waals surface area contributed by atoms with Crippen molar-refractivity contribution in [2.45, 2.75) is 78.7 Å². The molecule has 2 atom stereocenters. The van der Waals surface area contributed by atoms with Crippen molar-refractivity contribution in [3.8, 4) is 0 Å². The molecule has 0 aromatic heterocycles. The zero-order valence-electron chi connectivity index (χ0n) is 13.5. The lowest BCUT2D eigenvalue weighted by atomic mass is 9.66. The van der Waals surface area contributed by atoms with Crippen molar-refractivity contribution < 1.29 is 5.11 Å². The van der Waals surface area contributed by atoms with Crippen LogP contribution in [-0.2, 0) is 0 Å². The highest BCUT2D eigenvalue weighted by molar-refractivity contribution is 5.30. The fourth-order valence-corrected chi connectivity index (χ4v) is 3.22. The lowest BCUT2D eigenvalue weighted by molar-refractivity contribution is -0.00914. The molecule has 0 bridgehead atoms. The third kappa shape index (κ3) is 4.80. The maximum atomic E-state index is 11.1. The van der Waals surface area contributed by atoms with E-state index in [4.69, 9.17) is 0 Å². The minimum absolute atomic E-state index is 0.103. The van der Waals surface area contributed by atoms with Gasteiger partial charge in [-0.3, -0.25) is 0 Å². The smallest absolute Gasteiger partial charge is 0.0900 e.